The smallest absolute Gasteiger partial charge is 0.336 e. The average Bonchev–Trinajstić information content (AvgIpc) is 2.46. The van der Waals surface area contributed by atoms with Crippen LogP contribution in [0.4, 0.5) is 0 Å². The summed E-state index contributed by atoms with van der Waals surface area (Å²) in [6, 6.07) is 14.1. The summed E-state index contributed by atoms with van der Waals surface area (Å²) in [6.45, 7) is 1.46. The maximum Gasteiger partial charge on any atom is 0.336 e. The van der Waals surface area contributed by atoms with E-state index in [-0.39, 0.29) is 5.75 Å². The zero-order chi connectivity index (χ0) is 16.4. The van der Waals surface area contributed by atoms with Gasteiger partial charge in [0.2, 0.25) is 0 Å². The molecule has 0 amide bonds. The number of benzene rings is 2. The van der Waals surface area contributed by atoms with Gasteiger partial charge >= 0.3 is 5.63 Å². The number of phenolic OH excluding ortho intramolecular Hbond substituents is 1. The van der Waals surface area contributed by atoms with Gasteiger partial charge in [-0.1, -0.05) is 23.7 Å². The van der Waals surface area contributed by atoms with Gasteiger partial charge in [0.1, 0.15) is 24.4 Å². The Balaban J connectivity index is 1.87. The van der Waals surface area contributed by atoms with Crippen LogP contribution >= 0.6 is 11.6 Å². The first-order chi connectivity index (χ1) is 11.0. The van der Waals surface area contributed by atoms with Crippen LogP contribution in [0, 0.1) is 0 Å². The summed E-state index contributed by atoms with van der Waals surface area (Å²) in [5, 5.41) is 11.1. The molecule has 0 fully saturated rings. The first kappa shape index (κ1) is 15.6. The van der Waals surface area contributed by atoms with Crippen LogP contribution in [0.1, 0.15) is 11.1 Å². The Labute approximate surface area is 138 Å². The average molecular weight is 331 g/mol. The molecule has 0 bridgehead atoms. The van der Waals surface area contributed by atoms with Gasteiger partial charge in [-0.3, -0.25) is 0 Å². The van der Waals surface area contributed by atoms with Crippen molar-refractivity contribution < 1.29 is 14.4 Å². The second-order valence-electron chi connectivity index (χ2n) is 5.71. The second-order valence-corrected chi connectivity index (χ2v) is 6.15. The molecule has 0 aliphatic rings. The van der Waals surface area contributed by atoms with Crippen LogP contribution in [-0.2, 0) is 13.1 Å². The summed E-state index contributed by atoms with van der Waals surface area (Å²) < 4.78 is 5.16. The molecule has 0 radical (unpaired) electrons. The lowest BCUT2D eigenvalue weighted by Gasteiger charge is -2.15. The number of rotatable bonds is 4. The van der Waals surface area contributed by atoms with Gasteiger partial charge in [0, 0.05) is 33.7 Å². The highest BCUT2D eigenvalue weighted by molar-refractivity contribution is 6.30. The maximum absolute atomic E-state index is 11.7. The van der Waals surface area contributed by atoms with Gasteiger partial charge in [-0.25, -0.2) is 4.79 Å². The molecule has 118 valence electrons. The van der Waals surface area contributed by atoms with Gasteiger partial charge in [0.25, 0.3) is 0 Å². The van der Waals surface area contributed by atoms with Gasteiger partial charge in [-0.2, -0.15) is 0 Å². The number of hydrogen-bond acceptors (Lipinski definition) is 3. The Kier molecular flexibility index (Phi) is 4.37. The molecule has 0 aliphatic heterocycles. The molecular weight excluding hydrogens is 314 g/mol. The van der Waals surface area contributed by atoms with Crippen LogP contribution < -0.4 is 10.5 Å². The third kappa shape index (κ3) is 3.73. The van der Waals surface area contributed by atoms with Crippen molar-refractivity contribution in [3.63, 3.8) is 0 Å². The highest BCUT2D eigenvalue weighted by atomic mass is 35.5. The van der Waals surface area contributed by atoms with Crippen molar-refractivity contribution in [1.29, 1.82) is 0 Å². The SMILES string of the molecule is C[NH+](Cc1cccc(Cl)c1)Cc1cc(=O)oc2cc(O)ccc12. The van der Waals surface area contributed by atoms with Crippen molar-refractivity contribution in [2.75, 3.05) is 7.05 Å². The normalized spacial score (nSPS) is 12.4. The zero-order valence-corrected chi connectivity index (χ0v) is 13.4. The van der Waals surface area contributed by atoms with Crippen molar-refractivity contribution >= 4 is 22.6 Å². The maximum atomic E-state index is 11.7. The minimum absolute atomic E-state index is 0.0810. The Morgan fingerprint density at radius 1 is 1.13 bits per heavy atom. The van der Waals surface area contributed by atoms with E-state index in [0.717, 1.165) is 28.1 Å². The number of nitrogens with one attached hydrogen (secondary N) is 1. The fraction of sp³-hybridized carbons (Fsp3) is 0.167. The van der Waals surface area contributed by atoms with Crippen LogP contribution in [0.15, 0.2) is 57.7 Å². The predicted octanol–water partition coefficient (Wildman–Crippen LogP) is 2.37. The molecule has 1 atom stereocenters. The van der Waals surface area contributed by atoms with E-state index in [1.807, 2.05) is 24.3 Å². The molecular formula is C18H17ClNO3+. The van der Waals surface area contributed by atoms with E-state index < -0.39 is 5.63 Å². The number of quaternary nitrogens is 1. The first-order valence-corrected chi connectivity index (χ1v) is 7.70. The van der Waals surface area contributed by atoms with Crippen molar-refractivity contribution in [3.8, 4) is 5.75 Å². The molecule has 5 heteroatoms. The largest absolute Gasteiger partial charge is 0.508 e. The Bertz CT molecular complexity index is 904. The standard InChI is InChI=1S/C18H16ClNO3/c1-20(10-12-3-2-4-14(19)7-12)11-13-8-18(22)23-17-9-15(21)5-6-16(13)17/h2-9,21H,10-11H2,1H3/p+1. The number of hydrogen-bond donors (Lipinski definition) is 2. The van der Waals surface area contributed by atoms with E-state index in [1.54, 1.807) is 12.1 Å². The molecule has 3 rings (SSSR count). The molecule has 3 aromatic rings. The van der Waals surface area contributed by atoms with E-state index in [0.29, 0.717) is 12.1 Å². The molecule has 0 saturated carbocycles. The van der Waals surface area contributed by atoms with Crippen molar-refractivity contribution in [1.82, 2.24) is 0 Å². The van der Waals surface area contributed by atoms with Gasteiger partial charge in [0.15, 0.2) is 0 Å². The minimum atomic E-state index is -0.409. The van der Waals surface area contributed by atoms with E-state index in [4.69, 9.17) is 16.0 Å². The number of phenols is 1. The van der Waals surface area contributed by atoms with E-state index in [9.17, 15) is 9.90 Å². The summed E-state index contributed by atoms with van der Waals surface area (Å²) in [7, 11) is 2.06. The topological polar surface area (TPSA) is 54.9 Å². The summed E-state index contributed by atoms with van der Waals surface area (Å²) in [4.78, 5) is 12.9. The lowest BCUT2D eigenvalue weighted by Crippen LogP contribution is -3.06. The second kappa shape index (κ2) is 6.44. The molecule has 2 aromatic carbocycles. The predicted molar refractivity (Wildman–Crippen MR) is 89.9 cm³/mol. The fourth-order valence-corrected chi connectivity index (χ4v) is 2.96. The fourth-order valence-electron chi connectivity index (χ4n) is 2.75. The number of halogens is 1. The van der Waals surface area contributed by atoms with Crippen LogP contribution in [0.2, 0.25) is 5.02 Å². The lowest BCUT2D eigenvalue weighted by molar-refractivity contribution is -0.907. The van der Waals surface area contributed by atoms with Crippen molar-refractivity contribution in [3.05, 3.63) is 75.1 Å². The lowest BCUT2D eigenvalue weighted by atomic mass is 10.1. The Hall–Kier alpha value is -2.30. The highest BCUT2D eigenvalue weighted by Crippen LogP contribution is 2.21. The Morgan fingerprint density at radius 3 is 2.74 bits per heavy atom. The molecule has 0 spiro atoms. The monoisotopic (exact) mass is 330 g/mol. The van der Waals surface area contributed by atoms with Gasteiger partial charge in [-0.05, 0) is 24.3 Å². The summed E-state index contributed by atoms with van der Waals surface area (Å²) in [6.07, 6.45) is 0. The molecule has 1 heterocycles. The highest BCUT2D eigenvalue weighted by Gasteiger charge is 2.12. The van der Waals surface area contributed by atoms with E-state index in [1.165, 1.54) is 17.0 Å². The molecule has 1 aromatic heterocycles. The van der Waals surface area contributed by atoms with E-state index in [2.05, 4.69) is 7.05 Å². The van der Waals surface area contributed by atoms with Crippen molar-refractivity contribution in [2.45, 2.75) is 13.1 Å². The van der Waals surface area contributed by atoms with Gasteiger partial charge < -0.3 is 14.4 Å². The quantitative estimate of drug-likeness (QED) is 0.722. The zero-order valence-electron chi connectivity index (χ0n) is 12.7. The van der Waals surface area contributed by atoms with Gasteiger partial charge in [0.05, 0.1) is 7.05 Å². The molecule has 23 heavy (non-hydrogen) atoms. The molecule has 4 nitrogen and oxygen atoms in total. The molecule has 0 saturated heterocycles. The summed E-state index contributed by atoms with van der Waals surface area (Å²) in [5.41, 5.74) is 2.03. The summed E-state index contributed by atoms with van der Waals surface area (Å²) in [5.74, 6) is 0.0810. The molecule has 1 unspecified atom stereocenters. The summed E-state index contributed by atoms with van der Waals surface area (Å²) >= 11 is 6.02. The number of aromatic hydroxyl groups is 1. The van der Waals surface area contributed by atoms with Crippen LogP contribution in [0.3, 0.4) is 0 Å². The van der Waals surface area contributed by atoms with Crippen LogP contribution in [-0.4, -0.2) is 12.2 Å². The third-order valence-electron chi connectivity index (χ3n) is 3.70. The third-order valence-corrected chi connectivity index (χ3v) is 3.94. The van der Waals surface area contributed by atoms with Crippen LogP contribution in [0.25, 0.3) is 11.0 Å². The number of fused-ring (bicyclic) bond motifs is 1. The molecule has 0 aliphatic carbocycles. The van der Waals surface area contributed by atoms with E-state index >= 15 is 0 Å². The Morgan fingerprint density at radius 2 is 1.96 bits per heavy atom. The first-order valence-electron chi connectivity index (χ1n) is 7.33. The van der Waals surface area contributed by atoms with Crippen LogP contribution in [0.5, 0.6) is 5.75 Å². The van der Waals surface area contributed by atoms with Crippen molar-refractivity contribution in [2.24, 2.45) is 0 Å². The van der Waals surface area contributed by atoms with Gasteiger partial charge in [-0.15, -0.1) is 0 Å². The molecule has 2 N–H and O–H groups in total. The minimum Gasteiger partial charge on any atom is -0.508 e.